The number of rotatable bonds is 0. The predicted molar refractivity (Wildman–Crippen MR) is 123 cm³/mol. The van der Waals surface area contributed by atoms with Gasteiger partial charge in [-0.2, -0.15) is 0 Å². The molecule has 2 nitrogen and oxygen atoms in total. The van der Waals surface area contributed by atoms with E-state index < -0.39 is 0 Å². The van der Waals surface area contributed by atoms with Crippen molar-refractivity contribution in [1.29, 1.82) is 0 Å². The highest BCUT2D eigenvalue weighted by atomic mass is 15.2. The molecule has 8 atom stereocenters. The molecule has 3 unspecified atom stereocenters. The standard InChI is InChI=1S/C27H44N2/c1-28-16-9-17-29(2)27-19-21-11-4-6-13-23(21)25(27)15-8-7-14-24-22-12-5-3-10-20(22)18-26(24)28/h7-8,14-15,20-27H,3-6,9-13,16-19H2,1-2H3/b14-7+,15-8+/t20-,21?,22?,23+,24-,25-,26?,27+/m1/s1. The van der Waals surface area contributed by atoms with Gasteiger partial charge in [0.05, 0.1) is 0 Å². The lowest BCUT2D eigenvalue weighted by Gasteiger charge is -2.33. The van der Waals surface area contributed by atoms with Crippen LogP contribution in [-0.4, -0.2) is 49.1 Å². The summed E-state index contributed by atoms with van der Waals surface area (Å²) in [6, 6.07) is 1.56. The van der Waals surface area contributed by atoms with Gasteiger partial charge in [0.15, 0.2) is 0 Å². The molecular formula is C27H44N2. The van der Waals surface area contributed by atoms with E-state index in [0.29, 0.717) is 0 Å². The molecule has 0 aromatic heterocycles. The Bertz CT molecular complexity index is 558. The highest BCUT2D eigenvalue weighted by molar-refractivity contribution is 5.15. The molecule has 0 spiro atoms. The summed E-state index contributed by atoms with van der Waals surface area (Å²) in [7, 11) is 4.84. The van der Waals surface area contributed by atoms with Crippen LogP contribution in [0.15, 0.2) is 24.3 Å². The summed E-state index contributed by atoms with van der Waals surface area (Å²) in [4.78, 5) is 5.49. The maximum Gasteiger partial charge on any atom is 0.0161 e. The van der Waals surface area contributed by atoms with Crippen LogP contribution in [-0.2, 0) is 0 Å². The van der Waals surface area contributed by atoms with Gasteiger partial charge in [-0.3, -0.25) is 0 Å². The van der Waals surface area contributed by atoms with E-state index in [-0.39, 0.29) is 0 Å². The lowest BCUT2D eigenvalue weighted by molar-refractivity contribution is 0.166. The van der Waals surface area contributed by atoms with Crippen molar-refractivity contribution in [1.82, 2.24) is 9.80 Å². The fourth-order valence-corrected chi connectivity index (χ4v) is 8.35. The second-order valence-corrected chi connectivity index (χ2v) is 11.3. The third-order valence-corrected chi connectivity index (χ3v) is 9.83. The van der Waals surface area contributed by atoms with E-state index in [9.17, 15) is 0 Å². The van der Waals surface area contributed by atoms with Gasteiger partial charge in [0.1, 0.15) is 0 Å². The zero-order valence-corrected chi connectivity index (χ0v) is 19.0. The van der Waals surface area contributed by atoms with Crippen molar-refractivity contribution in [2.75, 3.05) is 27.2 Å². The average molecular weight is 397 g/mol. The number of fused-ring (bicyclic) bond motifs is 6. The molecule has 0 bridgehead atoms. The minimum atomic E-state index is 0.779. The molecule has 0 radical (unpaired) electrons. The van der Waals surface area contributed by atoms with Crippen molar-refractivity contribution >= 4 is 0 Å². The first-order valence-corrected chi connectivity index (χ1v) is 13.0. The highest BCUT2D eigenvalue weighted by Gasteiger charge is 2.45. The fraction of sp³-hybridized carbons (Fsp3) is 0.852. The van der Waals surface area contributed by atoms with Gasteiger partial charge in [-0.15, -0.1) is 0 Å². The first kappa shape index (κ1) is 20.3. The van der Waals surface area contributed by atoms with Gasteiger partial charge in [0.25, 0.3) is 0 Å². The smallest absolute Gasteiger partial charge is 0.0161 e. The van der Waals surface area contributed by atoms with Crippen LogP contribution in [0.1, 0.15) is 70.6 Å². The third kappa shape index (κ3) is 4.01. The van der Waals surface area contributed by atoms with Gasteiger partial charge < -0.3 is 9.80 Å². The Kier molecular flexibility index (Phi) is 6.21. The molecule has 5 rings (SSSR count). The molecule has 5 aliphatic rings. The Morgan fingerprint density at radius 3 is 1.52 bits per heavy atom. The van der Waals surface area contributed by atoms with Gasteiger partial charge in [-0.05, 0) is 94.8 Å². The molecule has 29 heavy (non-hydrogen) atoms. The number of allylic oxidation sites excluding steroid dienone is 2. The molecule has 1 aliphatic heterocycles. The topological polar surface area (TPSA) is 6.48 Å². The minimum Gasteiger partial charge on any atom is -0.303 e. The molecule has 4 fully saturated rings. The second kappa shape index (κ2) is 8.87. The van der Waals surface area contributed by atoms with E-state index in [0.717, 1.165) is 47.6 Å². The molecule has 0 N–H and O–H groups in total. The van der Waals surface area contributed by atoms with E-state index in [1.807, 2.05) is 0 Å². The highest BCUT2D eigenvalue weighted by Crippen LogP contribution is 2.49. The van der Waals surface area contributed by atoms with Crippen molar-refractivity contribution < 1.29 is 0 Å². The van der Waals surface area contributed by atoms with Crippen LogP contribution in [0.3, 0.4) is 0 Å². The normalized spacial score (nSPS) is 48.9. The maximum atomic E-state index is 2.74. The SMILES string of the molecule is CN1CCCN(C)[C@H]2CC3CCCC[C@@H]3[C@H]2/C=C/C=C/[C@@H]2C3CCCC[C@@H]3CC21. The Hall–Kier alpha value is -0.600. The van der Waals surface area contributed by atoms with Crippen molar-refractivity contribution in [2.45, 2.75) is 82.7 Å². The molecule has 0 saturated heterocycles. The number of hydrogen-bond donors (Lipinski definition) is 0. The molecule has 4 aliphatic carbocycles. The zero-order valence-electron chi connectivity index (χ0n) is 19.0. The Labute approximate surface area is 179 Å². The molecule has 162 valence electrons. The lowest BCUT2D eigenvalue weighted by atomic mass is 9.77. The summed E-state index contributed by atoms with van der Waals surface area (Å²) in [5.41, 5.74) is 0. The van der Waals surface area contributed by atoms with E-state index >= 15 is 0 Å². The largest absolute Gasteiger partial charge is 0.303 e. The van der Waals surface area contributed by atoms with Gasteiger partial charge in [0.2, 0.25) is 0 Å². The van der Waals surface area contributed by atoms with Crippen LogP contribution in [0.2, 0.25) is 0 Å². The van der Waals surface area contributed by atoms with Crippen molar-refractivity contribution in [3.8, 4) is 0 Å². The molecule has 0 aromatic carbocycles. The summed E-state index contributed by atoms with van der Waals surface area (Å²) in [6.45, 7) is 2.55. The van der Waals surface area contributed by atoms with Crippen LogP contribution in [0.5, 0.6) is 0 Å². The number of nitrogens with zero attached hydrogens (tertiary/aromatic N) is 2. The van der Waals surface area contributed by atoms with E-state index in [1.165, 1.54) is 83.7 Å². The van der Waals surface area contributed by atoms with Crippen LogP contribution < -0.4 is 0 Å². The van der Waals surface area contributed by atoms with Crippen LogP contribution in [0, 0.1) is 35.5 Å². The van der Waals surface area contributed by atoms with Crippen LogP contribution in [0.25, 0.3) is 0 Å². The van der Waals surface area contributed by atoms with Crippen molar-refractivity contribution in [3.63, 3.8) is 0 Å². The average Bonchev–Trinajstić information content (AvgIpc) is 3.29. The number of hydrogen-bond acceptors (Lipinski definition) is 2. The molecule has 0 amide bonds. The summed E-state index contributed by atoms with van der Waals surface area (Å²) < 4.78 is 0. The zero-order chi connectivity index (χ0) is 19.8. The first-order valence-electron chi connectivity index (χ1n) is 13.0. The van der Waals surface area contributed by atoms with Crippen LogP contribution >= 0.6 is 0 Å². The monoisotopic (exact) mass is 396 g/mol. The Morgan fingerprint density at radius 2 is 1.03 bits per heavy atom. The fourth-order valence-electron chi connectivity index (χ4n) is 8.35. The van der Waals surface area contributed by atoms with Gasteiger partial charge in [-0.1, -0.05) is 62.8 Å². The Balaban J connectivity index is 1.38. The molecular weight excluding hydrogens is 352 g/mol. The molecule has 4 saturated carbocycles. The molecule has 1 heterocycles. The third-order valence-electron chi connectivity index (χ3n) is 9.83. The molecule has 2 heteroatoms. The minimum absolute atomic E-state index is 0.779. The second-order valence-electron chi connectivity index (χ2n) is 11.3. The summed E-state index contributed by atoms with van der Waals surface area (Å²) in [5.74, 6) is 5.47. The van der Waals surface area contributed by atoms with E-state index in [1.54, 1.807) is 0 Å². The summed E-state index contributed by atoms with van der Waals surface area (Å²) in [5, 5.41) is 0. The predicted octanol–water partition coefficient (Wildman–Crippen LogP) is 5.76. The van der Waals surface area contributed by atoms with Crippen LogP contribution in [0.4, 0.5) is 0 Å². The quantitative estimate of drug-likeness (QED) is 0.514. The van der Waals surface area contributed by atoms with Gasteiger partial charge in [-0.25, -0.2) is 0 Å². The molecule has 0 aromatic rings. The van der Waals surface area contributed by atoms with E-state index in [2.05, 4.69) is 48.2 Å². The van der Waals surface area contributed by atoms with Gasteiger partial charge in [0, 0.05) is 12.1 Å². The van der Waals surface area contributed by atoms with Crippen molar-refractivity contribution in [3.05, 3.63) is 24.3 Å². The Morgan fingerprint density at radius 1 is 0.586 bits per heavy atom. The van der Waals surface area contributed by atoms with E-state index in [4.69, 9.17) is 0 Å². The summed E-state index contributed by atoms with van der Waals surface area (Å²) >= 11 is 0. The van der Waals surface area contributed by atoms with Gasteiger partial charge >= 0.3 is 0 Å². The van der Waals surface area contributed by atoms with Crippen molar-refractivity contribution in [2.24, 2.45) is 35.5 Å². The summed E-state index contributed by atoms with van der Waals surface area (Å²) in [6.07, 6.45) is 26.3. The lowest BCUT2D eigenvalue weighted by Crippen LogP contribution is -2.39. The maximum absolute atomic E-state index is 2.74. The first-order chi connectivity index (χ1) is 14.2.